The molecule has 0 aliphatic rings. The average Bonchev–Trinajstić information content (AvgIpc) is 2.39. The molecule has 0 aromatic heterocycles. The van der Waals surface area contributed by atoms with Crippen molar-refractivity contribution in [1.29, 1.82) is 0 Å². The zero-order chi connectivity index (χ0) is 14.3. The molecule has 116 valence electrons. The molecule has 0 fully saturated rings. The van der Waals surface area contributed by atoms with E-state index < -0.39 is 0 Å². The van der Waals surface area contributed by atoms with E-state index in [0.717, 1.165) is 12.8 Å². The van der Waals surface area contributed by atoms with Crippen molar-refractivity contribution in [3.05, 3.63) is 0 Å². The molecular formula is C16H35NO2. The van der Waals surface area contributed by atoms with Gasteiger partial charge in [-0.2, -0.15) is 0 Å². The van der Waals surface area contributed by atoms with Crippen LogP contribution in [0, 0.1) is 0 Å². The summed E-state index contributed by atoms with van der Waals surface area (Å²) in [5.41, 5.74) is 0. The van der Waals surface area contributed by atoms with E-state index in [1.807, 2.05) is 6.92 Å². The molecule has 3 nitrogen and oxygen atoms in total. The Kier molecular flexibility index (Phi) is 14.2. The van der Waals surface area contributed by atoms with Gasteiger partial charge in [-0.15, -0.1) is 0 Å². The van der Waals surface area contributed by atoms with Gasteiger partial charge in [0.1, 0.15) is 0 Å². The van der Waals surface area contributed by atoms with Crippen LogP contribution in [-0.2, 0) is 0 Å². The van der Waals surface area contributed by atoms with E-state index in [2.05, 4.69) is 6.92 Å². The Labute approximate surface area is 119 Å². The van der Waals surface area contributed by atoms with Crippen molar-refractivity contribution in [2.75, 3.05) is 0 Å². The van der Waals surface area contributed by atoms with Crippen molar-refractivity contribution in [1.82, 2.24) is 5.23 Å². The Morgan fingerprint density at radius 2 is 1.05 bits per heavy atom. The van der Waals surface area contributed by atoms with E-state index in [0.29, 0.717) is 5.23 Å². The normalized spacial score (nSPS) is 13.1. The number of nitrogens with zero attached hydrogens (tertiary/aromatic N) is 1. The average molecular weight is 273 g/mol. The summed E-state index contributed by atoms with van der Waals surface area (Å²) in [6, 6.07) is -0.136. The molecule has 2 N–H and O–H groups in total. The Balaban J connectivity index is 3.03. The van der Waals surface area contributed by atoms with Crippen LogP contribution in [0.1, 0.15) is 97.3 Å². The maximum Gasteiger partial charge on any atom is 0.0595 e. The predicted octanol–water partition coefficient (Wildman–Crippen LogP) is 5.55. The van der Waals surface area contributed by atoms with Crippen molar-refractivity contribution in [3.8, 4) is 0 Å². The highest BCUT2D eigenvalue weighted by atomic mass is 16.8. The van der Waals surface area contributed by atoms with Gasteiger partial charge < -0.3 is 0 Å². The van der Waals surface area contributed by atoms with Crippen LogP contribution in [0.25, 0.3) is 0 Å². The predicted molar refractivity (Wildman–Crippen MR) is 80.6 cm³/mol. The zero-order valence-electron chi connectivity index (χ0n) is 13.1. The lowest BCUT2D eigenvalue weighted by atomic mass is 10.0. The summed E-state index contributed by atoms with van der Waals surface area (Å²) >= 11 is 0. The summed E-state index contributed by atoms with van der Waals surface area (Å²) in [5.74, 6) is 0. The number of hydrogen-bond donors (Lipinski definition) is 2. The van der Waals surface area contributed by atoms with E-state index in [-0.39, 0.29) is 6.04 Å². The largest absolute Gasteiger partial charge is 0.289 e. The fourth-order valence-corrected chi connectivity index (χ4v) is 2.40. The van der Waals surface area contributed by atoms with E-state index in [4.69, 9.17) is 10.4 Å². The van der Waals surface area contributed by atoms with Crippen molar-refractivity contribution >= 4 is 0 Å². The fraction of sp³-hybridized carbons (Fsp3) is 1.00. The molecule has 0 aromatic rings. The third kappa shape index (κ3) is 14.1. The monoisotopic (exact) mass is 273 g/mol. The van der Waals surface area contributed by atoms with Crippen LogP contribution in [0.5, 0.6) is 0 Å². The van der Waals surface area contributed by atoms with Crippen molar-refractivity contribution in [2.24, 2.45) is 0 Å². The maximum absolute atomic E-state index is 8.79. The van der Waals surface area contributed by atoms with E-state index >= 15 is 0 Å². The first-order valence-electron chi connectivity index (χ1n) is 8.35. The number of unbranched alkanes of at least 4 members (excludes halogenated alkanes) is 11. The number of rotatable bonds is 14. The third-order valence-electron chi connectivity index (χ3n) is 3.87. The summed E-state index contributed by atoms with van der Waals surface area (Å²) in [6.07, 6.45) is 17.0. The molecule has 0 rings (SSSR count). The van der Waals surface area contributed by atoms with Gasteiger partial charge in [-0.25, -0.2) is 0 Å². The summed E-state index contributed by atoms with van der Waals surface area (Å²) in [7, 11) is 0. The molecule has 0 heterocycles. The molecule has 0 aliphatic heterocycles. The second kappa shape index (κ2) is 14.3. The van der Waals surface area contributed by atoms with Gasteiger partial charge in [-0.05, 0) is 13.3 Å². The van der Waals surface area contributed by atoms with Gasteiger partial charge in [-0.3, -0.25) is 10.4 Å². The molecular weight excluding hydrogens is 238 g/mol. The molecule has 1 atom stereocenters. The SMILES string of the molecule is CCCCCCCCCCCCCCC(C)N(O)O. The molecule has 3 heteroatoms. The van der Waals surface area contributed by atoms with Gasteiger partial charge in [0.05, 0.1) is 6.04 Å². The third-order valence-corrected chi connectivity index (χ3v) is 3.87. The molecule has 0 amide bonds. The second-order valence-corrected chi connectivity index (χ2v) is 5.85. The quantitative estimate of drug-likeness (QED) is 0.322. The van der Waals surface area contributed by atoms with Gasteiger partial charge >= 0.3 is 0 Å². The van der Waals surface area contributed by atoms with Gasteiger partial charge in [-0.1, -0.05) is 89.2 Å². The van der Waals surface area contributed by atoms with E-state index in [1.54, 1.807) is 0 Å². The first-order valence-corrected chi connectivity index (χ1v) is 8.35. The smallest absolute Gasteiger partial charge is 0.0595 e. The summed E-state index contributed by atoms with van der Waals surface area (Å²) in [6.45, 7) is 4.10. The minimum atomic E-state index is -0.136. The topological polar surface area (TPSA) is 43.7 Å². The van der Waals surface area contributed by atoms with Gasteiger partial charge in [0.2, 0.25) is 0 Å². The number of hydroxylamine groups is 2. The van der Waals surface area contributed by atoms with Crippen molar-refractivity contribution in [3.63, 3.8) is 0 Å². The number of hydrogen-bond acceptors (Lipinski definition) is 3. The minimum absolute atomic E-state index is 0.136. The van der Waals surface area contributed by atoms with Gasteiger partial charge in [0.25, 0.3) is 0 Å². The summed E-state index contributed by atoms with van der Waals surface area (Å²) in [5, 5.41) is 17.9. The lowest BCUT2D eigenvalue weighted by Gasteiger charge is -2.14. The van der Waals surface area contributed by atoms with E-state index in [9.17, 15) is 0 Å². The molecule has 0 saturated carbocycles. The molecule has 0 bridgehead atoms. The van der Waals surface area contributed by atoms with Crippen molar-refractivity contribution < 1.29 is 10.4 Å². The van der Waals surface area contributed by atoms with Crippen LogP contribution < -0.4 is 0 Å². The molecule has 19 heavy (non-hydrogen) atoms. The first kappa shape index (κ1) is 18.9. The first-order chi connectivity index (χ1) is 9.18. The van der Waals surface area contributed by atoms with Crippen LogP contribution in [0.3, 0.4) is 0 Å². The van der Waals surface area contributed by atoms with Crippen LogP contribution in [0.15, 0.2) is 0 Å². The molecule has 0 aliphatic carbocycles. The Morgan fingerprint density at radius 3 is 1.42 bits per heavy atom. The maximum atomic E-state index is 8.79. The van der Waals surface area contributed by atoms with Crippen molar-refractivity contribution in [2.45, 2.75) is 103 Å². The Hall–Kier alpha value is -0.120. The molecule has 0 spiro atoms. The second-order valence-electron chi connectivity index (χ2n) is 5.85. The standard InChI is InChI=1S/C16H35NO2/c1-3-4-5-6-7-8-9-10-11-12-13-14-15-16(2)17(18)19/h16,18-19H,3-15H2,1-2H3. The van der Waals surface area contributed by atoms with Gasteiger partial charge in [0, 0.05) is 0 Å². The summed E-state index contributed by atoms with van der Waals surface area (Å²) < 4.78 is 0. The van der Waals surface area contributed by atoms with Crippen LogP contribution >= 0.6 is 0 Å². The fourth-order valence-electron chi connectivity index (χ4n) is 2.40. The Bertz CT molecular complexity index is 174. The van der Waals surface area contributed by atoms with Crippen LogP contribution in [-0.4, -0.2) is 21.7 Å². The van der Waals surface area contributed by atoms with Gasteiger partial charge in [0.15, 0.2) is 0 Å². The molecule has 0 radical (unpaired) electrons. The van der Waals surface area contributed by atoms with E-state index in [1.165, 1.54) is 70.6 Å². The molecule has 1 unspecified atom stereocenters. The lowest BCUT2D eigenvalue weighted by Crippen LogP contribution is -2.25. The van der Waals surface area contributed by atoms with Crippen LogP contribution in [0.4, 0.5) is 0 Å². The molecule has 0 saturated heterocycles. The highest BCUT2D eigenvalue weighted by Crippen LogP contribution is 2.13. The molecule has 0 aromatic carbocycles. The highest BCUT2D eigenvalue weighted by molar-refractivity contribution is 4.54. The summed E-state index contributed by atoms with van der Waals surface area (Å²) in [4.78, 5) is 0. The highest BCUT2D eigenvalue weighted by Gasteiger charge is 2.06. The Morgan fingerprint density at radius 1 is 0.684 bits per heavy atom. The minimum Gasteiger partial charge on any atom is -0.289 e. The zero-order valence-corrected chi connectivity index (χ0v) is 13.1. The van der Waals surface area contributed by atoms with Crippen LogP contribution in [0.2, 0.25) is 0 Å². The lowest BCUT2D eigenvalue weighted by molar-refractivity contribution is -0.329.